The molecule has 1 N–H and O–H groups in total. The molecule has 25 heavy (non-hydrogen) atoms. The van der Waals surface area contributed by atoms with Crippen LogP contribution in [-0.4, -0.2) is 12.7 Å². The van der Waals surface area contributed by atoms with Gasteiger partial charge in [-0.1, -0.05) is 36.4 Å². The lowest BCUT2D eigenvalue weighted by Crippen LogP contribution is -2.14. The van der Waals surface area contributed by atoms with Gasteiger partial charge in [-0.25, -0.2) is 0 Å². The zero-order valence-electron chi connectivity index (χ0n) is 14.9. The molecule has 0 spiro atoms. The van der Waals surface area contributed by atoms with Crippen molar-refractivity contribution in [2.45, 2.75) is 51.8 Å². The molecule has 0 saturated heterocycles. The van der Waals surface area contributed by atoms with Crippen molar-refractivity contribution in [3.8, 4) is 11.5 Å². The summed E-state index contributed by atoms with van der Waals surface area (Å²) in [6.07, 6.45) is 5.22. The minimum atomic E-state index is 0. The molecule has 1 saturated carbocycles. The van der Waals surface area contributed by atoms with Gasteiger partial charge in [0, 0.05) is 13.1 Å². The monoisotopic (exact) mass is 361 g/mol. The molecule has 0 aliphatic heterocycles. The van der Waals surface area contributed by atoms with Crippen LogP contribution in [0, 0.1) is 0 Å². The third-order valence-corrected chi connectivity index (χ3v) is 4.40. The Balaban J connectivity index is 0.00000225. The molecule has 2 aromatic carbocycles. The van der Waals surface area contributed by atoms with Crippen molar-refractivity contribution < 1.29 is 9.47 Å². The summed E-state index contributed by atoms with van der Waals surface area (Å²) < 4.78 is 11.9. The summed E-state index contributed by atoms with van der Waals surface area (Å²) in [7, 11) is 0. The second-order valence-corrected chi connectivity index (χ2v) is 6.33. The van der Waals surface area contributed by atoms with Crippen molar-refractivity contribution in [3.63, 3.8) is 0 Å². The topological polar surface area (TPSA) is 30.5 Å². The Morgan fingerprint density at radius 1 is 0.920 bits per heavy atom. The van der Waals surface area contributed by atoms with Crippen molar-refractivity contribution >= 4 is 12.4 Å². The molecule has 1 aliphatic carbocycles. The van der Waals surface area contributed by atoms with E-state index in [4.69, 9.17) is 9.47 Å². The first-order valence-electron chi connectivity index (χ1n) is 9.02. The fourth-order valence-corrected chi connectivity index (χ4v) is 3.16. The predicted octanol–water partition coefficient (Wildman–Crippen LogP) is 5.12. The summed E-state index contributed by atoms with van der Waals surface area (Å²) in [5.74, 6) is 1.75. The molecule has 1 aliphatic rings. The lowest BCUT2D eigenvalue weighted by Gasteiger charge is -2.17. The average molecular weight is 362 g/mol. The number of ether oxygens (including phenoxy) is 2. The van der Waals surface area contributed by atoms with Gasteiger partial charge in [0.2, 0.25) is 0 Å². The lowest BCUT2D eigenvalue weighted by atomic mass is 10.1. The van der Waals surface area contributed by atoms with E-state index in [2.05, 4.69) is 47.8 Å². The van der Waals surface area contributed by atoms with Crippen LogP contribution >= 0.6 is 12.4 Å². The van der Waals surface area contributed by atoms with E-state index < -0.39 is 0 Å². The van der Waals surface area contributed by atoms with Crippen LogP contribution < -0.4 is 14.8 Å². The molecule has 4 heteroatoms. The average Bonchev–Trinajstić information content (AvgIpc) is 3.11. The Hall–Kier alpha value is -1.71. The van der Waals surface area contributed by atoms with E-state index >= 15 is 0 Å². The molecule has 1 fully saturated rings. The maximum atomic E-state index is 6.14. The molecule has 0 bridgehead atoms. The highest BCUT2D eigenvalue weighted by Crippen LogP contribution is 2.32. The van der Waals surface area contributed by atoms with Gasteiger partial charge in [0.1, 0.15) is 0 Å². The van der Waals surface area contributed by atoms with Crippen LogP contribution in [0.3, 0.4) is 0 Å². The fourth-order valence-electron chi connectivity index (χ4n) is 3.16. The highest BCUT2D eigenvalue weighted by molar-refractivity contribution is 5.85. The molecule has 2 aromatic rings. The van der Waals surface area contributed by atoms with E-state index in [9.17, 15) is 0 Å². The van der Waals surface area contributed by atoms with Gasteiger partial charge < -0.3 is 14.8 Å². The normalized spacial score (nSPS) is 14.1. The van der Waals surface area contributed by atoms with Crippen LogP contribution in [0.15, 0.2) is 48.5 Å². The highest BCUT2D eigenvalue weighted by atomic mass is 35.5. The van der Waals surface area contributed by atoms with Gasteiger partial charge in [-0.05, 0) is 55.9 Å². The Morgan fingerprint density at radius 3 is 2.36 bits per heavy atom. The van der Waals surface area contributed by atoms with Gasteiger partial charge >= 0.3 is 0 Å². The number of rotatable bonds is 8. The third kappa shape index (κ3) is 5.94. The maximum Gasteiger partial charge on any atom is 0.161 e. The number of nitrogens with one attached hydrogen (secondary N) is 1. The molecule has 0 unspecified atom stereocenters. The molecule has 0 atom stereocenters. The summed E-state index contributed by atoms with van der Waals surface area (Å²) in [6.45, 7) is 4.35. The number of halogens is 1. The van der Waals surface area contributed by atoms with Gasteiger partial charge in [0.25, 0.3) is 0 Å². The first-order valence-corrected chi connectivity index (χ1v) is 9.02. The van der Waals surface area contributed by atoms with Crippen molar-refractivity contribution in [2.75, 3.05) is 6.61 Å². The van der Waals surface area contributed by atoms with Crippen molar-refractivity contribution in [1.82, 2.24) is 5.32 Å². The van der Waals surface area contributed by atoms with Crippen molar-refractivity contribution in [1.29, 1.82) is 0 Å². The van der Waals surface area contributed by atoms with Crippen LogP contribution in [0.1, 0.15) is 43.7 Å². The van der Waals surface area contributed by atoms with E-state index in [1.807, 2.05) is 13.0 Å². The number of hydrogen-bond acceptors (Lipinski definition) is 3. The second-order valence-electron chi connectivity index (χ2n) is 6.33. The molecular formula is C21H28ClNO2. The molecule has 3 nitrogen and oxygen atoms in total. The van der Waals surface area contributed by atoms with Gasteiger partial charge in [0.15, 0.2) is 11.5 Å². The van der Waals surface area contributed by atoms with Gasteiger partial charge in [0.05, 0.1) is 12.7 Å². The Morgan fingerprint density at radius 2 is 1.64 bits per heavy atom. The first kappa shape index (κ1) is 19.6. The van der Waals surface area contributed by atoms with Crippen molar-refractivity contribution in [2.24, 2.45) is 0 Å². The van der Waals surface area contributed by atoms with E-state index in [1.165, 1.54) is 24.0 Å². The summed E-state index contributed by atoms with van der Waals surface area (Å²) in [6, 6.07) is 16.7. The van der Waals surface area contributed by atoms with E-state index in [0.717, 1.165) is 37.4 Å². The van der Waals surface area contributed by atoms with Gasteiger partial charge in [-0.2, -0.15) is 0 Å². The minimum absolute atomic E-state index is 0. The number of benzene rings is 2. The largest absolute Gasteiger partial charge is 0.490 e. The Bertz CT molecular complexity index is 627. The molecule has 0 amide bonds. The molecule has 136 valence electrons. The van der Waals surface area contributed by atoms with Crippen LogP contribution in [0.4, 0.5) is 0 Å². The molecule has 3 rings (SSSR count). The molecule has 0 aromatic heterocycles. The van der Waals surface area contributed by atoms with Crippen LogP contribution in [0.25, 0.3) is 0 Å². The van der Waals surface area contributed by atoms with E-state index in [-0.39, 0.29) is 12.4 Å². The first-order chi connectivity index (χ1) is 11.8. The zero-order valence-corrected chi connectivity index (χ0v) is 15.7. The van der Waals surface area contributed by atoms with Gasteiger partial charge in [-0.15, -0.1) is 12.4 Å². The van der Waals surface area contributed by atoms with E-state index in [0.29, 0.717) is 12.7 Å². The highest BCUT2D eigenvalue weighted by Gasteiger charge is 2.18. The Labute approximate surface area is 157 Å². The lowest BCUT2D eigenvalue weighted by molar-refractivity contribution is 0.196. The van der Waals surface area contributed by atoms with Gasteiger partial charge in [-0.3, -0.25) is 0 Å². The fraction of sp³-hybridized carbons (Fsp3) is 0.429. The predicted molar refractivity (Wildman–Crippen MR) is 105 cm³/mol. The SMILES string of the molecule is CCOc1cc(CNCc2ccccc2)ccc1OC1CCCC1.Cl. The van der Waals surface area contributed by atoms with Crippen LogP contribution in [0.5, 0.6) is 11.5 Å². The van der Waals surface area contributed by atoms with Crippen molar-refractivity contribution in [3.05, 3.63) is 59.7 Å². The number of hydrogen-bond donors (Lipinski definition) is 1. The minimum Gasteiger partial charge on any atom is -0.490 e. The summed E-state index contributed by atoms with van der Waals surface area (Å²) in [5.41, 5.74) is 2.51. The molecule has 0 radical (unpaired) electrons. The smallest absolute Gasteiger partial charge is 0.161 e. The summed E-state index contributed by atoms with van der Waals surface area (Å²) in [5, 5.41) is 3.48. The Kier molecular flexibility index (Phi) is 8.10. The third-order valence-electron chi connectivity index (χ3n) is 4.40. The summed E-state index contributed by atoms with van der Waals surface area (Å²) >= 11 is 0. The van der Waals surface area contributed by atoms with Crippen LogP contribution in [0.2, 0.25) is 0 Å². The standard InChI is InChI=1S/C21H27NO2.ClH/c1-2-23-21-14-18(16-22-15-17-8-4-3-5-9-17)12-13-20(21)24-19-10-6-7-11-19;/h3-5,8-9,12-14,19,22H,2,6-7,10-11,15-16H2,1H3;1H. The quantitative estimate of drug-likeness (QED) is 0.708. The molecular weight excluding hydrogens is 334 g/mol. The van der Waals surface area contributed by atoms with Crippen LogP contribution in [-0.2, 0) is 13.1 Å². The maximum absolute atomic E-state index is 6.14. The second kappa shape index (κ2) is 10.3. The van der Waals surface area contributed by atoms with E-state index in [1.54, 1.807) is 0 Å². The zero-order chi connectivity index (χ0) is 16.6. The summed E-state index contributed by atoms with van der Waals surface area (Å²) in [4.78, 5) is 0. The molecule has 0 heterocycles.